The molecule has 0 aliphatic rings. The molecule has 0 atom stereocenters. The summed E-state index contributed by atoms with van der Waals surface area (Å²) in [5.74, 6) is -0.987. The van der Waals surface area contributed by atoms with Crippen LogP contribution in [0.15, 0.2) is 0 Å². The topological polar surface area (TPSA) is 43.4 Å². The molecule has 0 heterocycles. The monoisotopic (exact) mass is 155 g/mol. The van der Waals surface area contributed by atoms with E-state index in [2.05, 4.69) is 0 Å². The number of hydrogen-bond acceptors (Lipinski definition) is 3. The van der Waals surface area contributed by atoms with E-state index >= 15 is 0 Å². The van der Waals surface area contributed by atoms with Gasteiger partial charge in [-0.05, 0) is 20.5 Å². The van der Waals surface area contributed by atoms with E-state index in [4.69, 9.17) is 0 Å². The molecule has 48 valence electrons. The molecular formula is C5H10KNO2. The van der Waals surface area contributed by atoms with Gasteiger partial charge in [-0.3, -0.25) is 0 Å². The molecule has 9 heavy (non-hydrogen) atoms. The van der Waals surface area contributed by atoms with Crippen molar-refractivity contribution in [1.82, 2.24) is 4.90 Å². The average Bonchev–Trinajstić information content (AvgIpc) is 1.61. The molecule has 0 N–H and O–H groups in total. The number of rotatable bonds is 3. The number of aliphatic carboxylic acids is 1. The van der Waals surface area contributed by atoms with E-state index < -0.39 is 5.97 Å². The van der Waals surface area contributed by atoms with Crippen molar-refractivity contribution in [3.8, 4) is 0 Å². The predicted octanol–water partition coefficient (Wildman–Crippen LogP) is -4.31. The average molecular weight is 155 g/mol. The van der Waals surface area contributed by atoms with E-state index in [-0.39, 0.29) is 57.8 Å². The second-order valence-corrected chi connectivity index (χ2v) is 1.93. The number of carbonyl (C=O) groups is 1. The molecule has 0 saturated carbocycles. The molecule has 0 aromatic heterocycles. The van der Waals surface area contributed by atoms with Crippen LogP contribution in [0.1, 0.15) is 6.42 Å². The number of carboxylic acid groups (broad SMARTS) is 1. The zero-order valence-corrected chi connectivity index (χ0v) is 9.30. The van der Waals surface area contributed by atoms with Gasteiger partial charge in [0.05, 0.1) is 0 Å². The summed E-state index contributed by atoms with van der Waals surface area (Å²) in [6.45, 7) is 0.558. The normalized spacial score (nSPS) is 8.78. The van der Waals surface area contributed by atoms with Gasteiger partial charge in [-0.1, -0.05) is 0 Å². The molecule has 0 aliphatic carbocycles. The summed E-state index contributed by atoms with van der Waals surface area (Å²) in [5.41, 5.74) is 0. The second-order valence-electron chi connectivity index (χ2n) is 1.93. The molecule has 3 nitrogen and oxygen atoms in total. The number of nitrogens with zero attached hydrogens (tertiary/aromatic N) is 1. The minimum absolute atomic E-state index is 0. The first kappa shape index (κ1) is 12.7. The van der Waals surface area contributed by atoms with E-state index in [0.29, 0.717) is 6.54 Å². The summed E-state index contributed by atoms with van der Waals surface area (Å²) in [6, 6.07) is 0. The van der Waals surface area contributed by atoms with Gasteiger partial charge < -0.3 is 14.8 Å². The third-order valence-electron chi connectivity index (χ3n) is 0.763. The molecule has 0 amide bonds. The quantitative estimate of drug-likeness (QED) is 0.387. The van der Waals surface area contributed by atoms with Crippen molar-refractivity contribution in [2.75, 3.05) is 20.6 Å². The summed E-state index contributed by atoms with van der Waals surface area (Å²) >= 11 is 0. The molecule has 0 bridgehead atoms. The minimum atomic E-state index is -0.987. The molecule has 0 fully saturated rings. The Morgan fingerprint density at radius 2 is 2.00 bits per heavy atom. The number of carbonyl (C=O) groups excluding carboxylic acids is 1. The van der Waals surface area contributed by atoms with Gasteiger partial charge in [0, 0.05) is 12.5 Å². The van der Waals surface area contributed by atoms with Crippen LogP contribution in [0, 0.1) is 0 Å². The van der Waals surface area contributed by atoms with Gasteiger partial charge in [0.25, 0.3) is 0 Å². The van der Waals surface area contributed by atoms with Gasteiger partial charge >= 0.3 is 51.4 Å². The van der Waals surface area contributed by atoms with E-state index in [1.807, 2.05) is 14.1 Å². The Bertz CT molecular complexity index is 85.0. The van der Waals surface area contributed by atoms with Gasteiger partial charge in [-0.25, -0.2) is 0 Å². The van der Waals surface area contributed by atoms with Gasteiger partial charge in [0.1, 0.15) is 0 Å². The Morgan fingerprint density at radius 3 is 2.11 bits per heavy atom. The fourth-order valence-corrected chi connectivity index (χ4v) is 0.315. The van der Waals surface area contributed by atoms with Gasteiger partial charge in [0.2, 0.25) is 0 Å². The maximum absolute atomic E-state index is 9.77. The summed E-state index contributed by atoms with van der Waals surface area (Å²) < 4.78 is 0. The molecule has 0 rings (SSSR count). The van der Waals surface area contributed by atoms with Crippen molar-refractivity contribution in [1.29, 1.82) is 0 Å². The fraction of sp³-hybridized carbons (Fsp3) is 0.800. The Kier molecular flexibility index (Phi) is 10.1. The van der Waals surface area contributed by atoms with Crippen LogP contribution in [0.4, 0.5) is 0 Å². The van der Waals surface area contributed by atoms with Crippen LogP contribution >= 0.6 is 0 Å². The number of carboxylic acids is 1. The SMILES string of the molecule is CN(C)CCC(=O)[O-].[K+]. The van der Waals surface area contributed by atoms with E-state index in [9.17, 15) is 9.90 Å². The first-order valence-electron chi connectivity index (χ1n) is 2.47. The van der Waals surface area contributed by atoms with E-state index in [0.717, 1.165) is 0 Å². The molecule has 0 aromatic carbocycles. The predicted molar refractivity (Wildman–Crippen MR) is 28.2 cm³/mol. The zero-order chi connectivity index (χ0) is 6.57. The Morgan fingerprint density at radius 1 is 1.56 bits per heavy atom. The third-order valence-corrected chi connectivity index (χ3v) is 0.763. The van der Waals surface area contributed by atoms with Crippen LogP contribution in [-0.4, -0.2) is 31.5 Å². The molecular weight excluding hydrogens is 145 g/mol. The van der Waals surface area contributed by atoms with Crippen LogP contribution < -0.4 is 56.5 Å². The molecule has 0 aromatic rings. The van der Waals surface area contributed by atoms with E-state index in [1.54, 1.807) is 4.90 Å². The van der Waals surface area contributed by atoms with Crippen molar-refractivity contribution in [2.24, 2.45) is 0 Å². The van der Waals surface area contributed by atoms with E-state index in [1.165, 1.54) is 0 Å². The molecule has 0 spiro atoms. The molecule has 0 saturated heterocycles. The van der Waals surface area contributed by atoms with Crippen molar-refractivity contribution in [2.45, 2.75) is 6.42 Å². The van der Waals surface area contributed by atoms with Gasteiger partial charge in [-0.2, -0.15) is 0 Å². The van der Waals surface area contributed by atoms with Gasteiger partial charge in [0.15, 0.2) is 0 Å². The third kappa shape index (κ3) is 12.3. The van der Waals surface area contributed by atoms with Crippen molar-refractivity contribution in [3.63, 3.8) is 0 Å². The van der Waals surface area contributed by atoms with Crippen LogP contribution in [0.25, 0.3) is 0 Å². The second kappa shape index (κ2) is 7.18. The van der Waals surface area contributed by atoms with Crippen LogP contribution in [0.5, 0.6) is 0 Å². The Balaban J connectivity index is 0. The summed E-state index contributed by atoms with van der Waals surface area (Å²) in [4.78, 5) is 11.6. The fourth-order valence-electron chi connectivity index (χ4n) is 0.315. The van der Waals surface area contributed by atoms with Crippen molar-refractivity contribution >= 4 is 5.97 Å². The smallest absolute Gasteiger partial charge is 0.550 e. The minimum Gasteiger partial charge on any atom is -0.550 e. The first-order chi connectivity index (χ1) is 3.63. The molecule has 0 aliphatic heterocycles. The number of hydrogen-bond donors (Lipinski definition) is 0. The summed E-state index contributed by atoms with van der Waals surface area (Å²) in [5, 5.41) is 9.77. The maximum atomic E-state index is 9.77. The largest absolute Gasteiger partial charge is 1.00 e. The summed E-state index contributed by atoms with van der Waals surface area (Å²) in [6.07, 6.45) is 0.118. The van der Waals surface area contributed by atoms with Crippen LogP contribution in [-0.2, 0) is 4.79 Å². The Hall–Kier alpha value is 1.07. The van der Waals surface area contributed by atoms with Gasteiger partial charge in [-0.15, -0.1) is 0 Å². The zero-order valence-electron chi connectivity index (χ0n) is 6.18. The first-order valence-corrected chi connectivity index (χ1v) is 2.47. The Labute approximate surface area is 97.8 Å². The summed E-state index contributed by atoms with van der Waals surface area (Å²) in [7, 11) is 3.64. The van der Waals surface area contributed by atoms with Crippen LogP contribution in [0.2, 0.25) is 0 Å². The molecule has 0 radical (unpaired) electrons. The van der Waals surface area contributed by atoms with Crippen molar-refractivity contribution < 1.29 is 61.3 Å². The standard InChI is InChI=1S/C5H11NO2.K/c1-6(2)4-3-5(7)8;/h3-4H2,1-2H3,(H,7,8);/q;+1/p-1. The maximum Gasteiger partial charge on any atom is 1.00 e. The molecule has 4 heteroatoms. The van der Waals surface area contributed by atoms with Crippen LogP contribution in [0.3, 0.4) is 0 Å². The van der Waals surface area contributed by atoms with Crippen molar-refractivity contribution in [3.05, 3.63) is 0 Å². The molecule has 0 unspecified atom stereocenters.